The zero-order chi connectivity index (χ0) is 26.5. The third-order valence-corrected chi connectivity index (χ3v) is 6.33. The van der Waals surface area contributed by atoms with Crippen molar-refractivity contribution in [1.82, 2.24) is 25.0 Å². The molecule has 3 atom stereocenters. The van der Waals surface area contributed by atoms with Gasteiger partial charge >= 0.3 is 5.97 Å². The van der Waals surface area contributed by atoms with Gasteiger partial charge in [-0.25, -0.2) is 18.1 Å². The van der Waals surface area contributed by atoms with E-state index in [1.165, 1.54) is 12.4 Å². The van der Waals surface area contributed by atoms with E-state index in [-0.39, 0.29) is 31.6 Å². The number of sulfonamides is 1. The molecule has 0 radical (unpaired) electrons. The Bertz CT molecular complexity index is 1130. The molecular weight excluding hydrogens is 498 g/mol. The van der Waals surface area contributed by atoms with Crippen LogP contribution in [-0.2, 0) is 34.0 Å². The second kappa shape index (κ2) is 11.4. The number of carboxylic acid groups (broad SMARTS) is 1. The molecule has 36 heavy (non-hydrogen) atoms. The van der Waals surface area contributed by atoms with E-state index in [9.17, 15) is 37.5 Å². The van der Waals surface area contributed by atoms with Gasteiger partial charge in [-0.3, -0.25) is 34.0 Å². The Morgan fingerprint density at radius 2 is 2.03 bits per heavy atom. The van der Waals surface area contributed by atoms with Crippen LogP contribution in [0, 0.1) is 0 Å². The number of hydrogen-bond donors (Lipinski definition) is 3. The zero-order valence-electron chi connectivity index (χ0n) is 19.5. The first-order valence-corrected chi connectivity index (χ1v) is 13.0. The number of hydrogen-bond acceptors (Lipinski definition) is 9. The first kappa shape index (κ1) is 27.0. The molecule has 2 aliphatic rings. The minimum Gasteiger partial charge on any atom is -0.484 e. The summed E-state index contributed by atoms with van der Waals surface area (Å²) in [7, 11) is -3.80. The number of hydrazine groups is 1. The number of carbonyl (C=O) groups excluding carboxylic acids is 4. The van der Waals surface area contributed by atoms with Crippen molar-refractivity contribution in [3.8, 4) is 5.75 Å². The number of ether oxygens (including phenoxy) is 1. The van der Waals surface area contributed by atoms with Crippen molar-refractivity contribution in [2.75, 3.05) is 19.4 Å². The largest absolute Gasteiger partial charge is 0.484 e. The SMILES string of the molecule is CS(=O)(=O)NC1CCC(=O)N2CCCC(C(=O)NC(CC(=O)O)C(=O)COc3cccnc3)N2C1=O. The van der Waals surface area contributed by atoms with Crippen molar-refractivity contribution in [3.05, 3.63) is 24.5 Å². The van der Waals surface area contributed by atoms with Crippen LogP contribution in [0.25, 0.3) is 0 Å². The number of fused-ring (bicyclic) bond motifs is 1. The Balaban J connectivity index is 1.78. The van der Waals surface area contributed by atoms with Crippen LogP contribution in [0.3, 0.4) is 0 Å². The molecule has 15 heteroatoms. The first-order valence-electron chi connectivity index (χ1n) is 11.1. The lowest BCUT2D eigenvalue weighted by Gasteiger charge is -2.43. The number of aliphatic carboxylic acids is 1. The Morgan fingerprint density at radius 3 is 2.67 bits per heavy atom. The molecule has 2 fully saturated rings. The predicted octanol–water partition coefficient (Wildman–Crippen LogP) is -1.56. The molecule has 3 amide bonds. The molecule has 3 rings (SSSR count). The Morgan fingerprint density at radius 1 is 1.28 bits per heavy atom. The van der Waals surface area contributed by atoms with Crippen LogP contribution in [0.2, 0.25) is 0 Å². The van der Waals surface area contributed by atoms with Gasteiger partial charge in [-0.05, 0) is 31.4 Å². The molecule has 1 aromatic rings. The smallest absolute Gasteiger partial charge is 0.305 e. The highest BCUT2D eigenvalue weighted by Crippen LogP contribution is 2.25. The summed E-state index contributed by atoms with van der Waals surface area (Å²) < 4.78 is 31.0. The second-order valence-electron chi connectivity index (χ2n) is 8.44. The van der Waals surface area contributed by atoms with Gasteiger partial charge in [0.15, 0.2) is 5.78 Å². The van der Waals surface area contributed by atoms with Gasteiger partial charge in [0, 0.05) is 19.2 Å². The van der Waals surface area contributed by atoms with Crippen LogP contribution in [-0.4, -0.2) is 95.5 Å². The summed E-state index contributed by atoms with van der Waals surface area (Å²) >= 11 is 0. The van der Waals surface area contributed by atoms with Crippen LogP contribution in [0.1, 0.15) is 32.1 Å². The summed E-state index contributed by atoms with van der Waals surface area (Å²) in [5, 5.41) is 13.7. The highest BCUT2D eigenvalue weighted by Gasteiger charge is 2.45. The number of nitrogens with one attached hydrogen (secondary N) is 2. The number of nitrogens with zero attached hydrogens (tertiary/aromatic N) is 3. The Kier molecular flexibility index (Phi) is 8.57. The van der Waals surface area contributed by atoms with Crippen molar-refractivity contribution in [3.63, 3.8) is 0 Å². The summed E-state index contributed by atoms with van der Waals surface area (Å²) in [6.07, 6.45) is 3.28. The highest BCUT2D eigenvalue weighted by molar-refractivity contribution is 7.88. The lowest BCUT2D eigenvalue weighted by Crippen LogP contribution is -2.64. The van der Waals surface area contributed by atoms with Crippen molar-refractivity contribution in [2.24, 2.45) is 0 Å². The van der Waals surface area contributed by atoms with E-state index in [4.69, 9.17) is 4.74 Å². The molecule has 3 N–H and O–H groups in total. The van der Waals surface area contributed by atoms with Crippen LogP contribution in [0.4, 0.5) is 0 Å². The van der Waals surface area contributed by atoms with Gasteiger partial charge in [-0.1, -0.05) is 0 Å². The molecule has 0 aliphatic carbocycles. The molecule has 3 heterocycles. The maximum absolute atomic E-state index is 13.2. The molecule has 1 aromatic heterocycles. The van der Waals surface area contributed by atoms with Gasteiger partial charge in [0.05, 0.1) is 18.9 Å². The molecule has 2 saturated heterocycles. The van der Waals surface area contributed by atoms with Crippen molar-refractivity contribution in [2.45, 2.75) is 50.2 Å². The van der Waals surface area contributed by atoms with Gasteiger partial charge < -0.3 is 15.2 Å². The fraction of sp³-hybridized carbons (Fsp3) is 0.524. The molecule has 0 aromatic carbocycles. The van der Waals surface area contributed by atoms with E-state index >= 15 is 0 Å². The van der Waals surface area contributed by atoms with Gasteiger partial charge in [0.1, 0.15) is 30.5 Å². The van der Waals surface area contributed by atoms with E-state index in [0.29, 0.717) is 6.42 Å². The minimum atomic E-state index is -3.80. The van der Waals surface area contributed by atoms with Gasteiger partial charge in [0.25, 0.3) is 5.91 Å². The third kappa shape index (κ3) is 6.97. The summed E-state index contributed by atoms with van der Waals surface area (Å²) in [6.45, 7) is -0.390. The molecule has 3 unspecified atom stereocenters. The number of ketones is 1. The molecule has 0 saturated carbocycles. The third-order valence-electron chi connectivity index (χ3n) is 5.62. The fourth-order valence-electron chi connectivity index (χ4n) is 4.02. The topological polar surface area (TPSA) is 192 Å². The second-order valence-corrected chi connectivity index (χ2v) is 10.2. The van der Waals surface area contributed by atoms with E-state index in [2.05, 4.69) is 15.0 Å². The highest BCUT2D eigenvalue weighted by atomic mass is 32.2. The summed E-state index contributed by atoms with van der Waals surface area (Å²) in [6, 6.07) is -0.849. The van der Waals surface area contributed by atoms with Gasteiger partial charge in [-0.15, -0.1) is 0 Å². The fourth-order valence-corrected chi connectivity index (χ4v) is 4.75. The van der Waals surface area contributed by atoms with Crippen LogP contribution in [0.5, 0.6) is 5.75 Å². The van der Waals surface area contributed by atoms with E-state index in [1.807, 2.05) is 0 Å². The molecule has 0 bridgehead atoms. The van der Waals surface area contributed by atoms with E-state index in [1.54, 1.807) is 12.1 Å². The molecule has 2 aliphatic heterocycles. The van der Waals surface area contributed by atoms with Crippen LogP contribution < -0.4 is 14.8 Å². The first-order chi connectivity index (χ1) is 17.0. The number of rotatable bonds is 10. The number of pyridine rings is 1. The standard InChI is InChI=1S/C21H27N5O9S/c1-36(33,34)24-14-6-7-18(28)25-9-3-5-16(26(25)21(14)32)20(31)23-15(10-19(29)30)17(27)12-35-13-4-2-8-22-11-13/h2,4,8,11,14-16,24H,3,5-7,9-10,12H2,1H3,(H,23,31)(H,29,30). The molecule has 196 valence electrons. The lowest BCUT2D eigenvalue weighted by atomic mass is 10.0. The molecule has 0 spiro atoms. The number of aromatic nitrogens is 1. The number of Topliss-reactive ketones (excluding diaryl/α,β-unsaturated/α-hetero) is 1. The summed E-state index contributed by atoms with van der Waals surface area (Å²) in [5.74, 6) is -3.89. The van der Waals surface area contributed by atoms with Crippen LogP contribution in [0.15, 0.2) is 24.5 Å². The number of carbonyl (C=O) groups is 5. The maximum atomic E-state index is 13.2. The average molecular weight is 526 g/mol. The molecular formula is C21H27N5O9S. The summed E-state index contributed by atoms with van der Waals surface area (Å²) in [4.78, 5) is 66.9. The number of amides is 3. The van der Waals surface area contributed by atoms with Crippen LogP contribution >= 0.6 is 0 Å². The minimum absolute atomic E-state index is 0.0854. The Labute approximate surface area is 207 Å². The maximum Gasteiger partial charge on any atom is 0.305 e. The average Bonchev–Trinajstić information content (AvgIpc) is 2.93. The summed E-state index contributed by atoms with van der Waals surface area (Å²) in [5.41, 5.74) is 0. The van der Waals surface area contributed by atoms with Crippen molar-refractivity contribution < 1.29 is 42.2 Å². The normalized spacial score (nSPS) is 21.2. The van der Waals surface area contributed by atoms with Gasteiger partial charge in [-0.2, -0.15) is 0 Å². The van der Waals surface area contributed by atoms with E-state index in [0.717, 1.165) is 16.3 Å². The van der Waals surface area contributed by atoms with E-state index < -0.39 is 70.7 Å². The molecule has 14 nitrogen and oxygen atoms in total. The lowest BCUT2D eigenvalue weighted by molar-refractivity contribution is -0.176. The number of carboxylic acids is 1. The van der Waals surface area contributed by atoms with Gasteiger partial charge in [0.2, 0.25) is 21.8 Å². The van der Waals surface area contributed by atoms with Crippen molar-refractivity contribution in [1.29, 1.82) is 0 Å². The monoisotopic (exact) mass is 525 g/mol. The quantitative estimate of drug-likeness (QED) is 0.322. The zero-order valence-corrected chi connectivity index (χ0v) is 20.3. The predicted molar refractivity (Wildman–Crippen MR) is 122 cm³/mol. The Hall–Kier alpha value is -3.59. The van der Waals surface area contributed by atoms with Crippen molar-refractivity contribution >= 4 is 39.5 Å².